The summed E-state index contributed by atoms with van der Waals surface area (Å²) in [4.78, 5) is 11.8. The van der Waals surface area contributed by atoms with Crippen molar-refractivity contribution in [3.05, 3.63) is 83.7 Å². The van der Waals surface area contributed by atoms with Crippen LogP contribution in [-0.4, -0.2) is 5.24 Å². The highest BCUT2D eigenvalue weighted by atomic mass is 35.5. The molecule has 0 amide bonds. The Balaban J connectivity index is 1.56. The van der Waals surface area contributed by atoms with Crippen molar-refractivity contribution in [1.29, 1.82) is 0 Å². The van der Waals surface area contributed by atoms with Crippen LogP contribution in [0.25, 0.3) is 22.3 Å². The van der Waals surface area contributed by atoms with Crippen LogP contribution in [0.5, 0.6) is 0 Å². The lowest BCUT2D eigenvalue weighted by atomic mass is 9.77. The third kappa shape index (κ3) is 5.73. The molecule has 4 rings (SSSR count). The summed E-state index contributed by atoms with van der Waals surface area (Å²) < 4.78 is 14.6. The van der Waals surface area contributed by atoms with Gasteiger partial charge in [-0.25, -0.2) is 4.39 Å². The van der Waals surface area contributed by atoms with Crippen LogP contribution in [0.4, 0.5) is 4.39 Å². The smallest absolute Gasteiger partial charge is 0.252 e. The lowest BCUT2D eigenvalue weighted by Gasteiger charge is -2.29. The molecular formula is C30H32ClFO. The zero-order chi connectivity index (χ0) is 23.2. The summed E-state index contributed by atoms with van der Waals surface area (Å²) in [5.74, 6) is 1.23. The fourth-order valence-electron chi connectivity index (χ4n) is 5.22. The van der Waals surface area contributed by atoms with Gasteiger partial charge < -0.3 is 0 Å². The van der Waals surface area contributed by atoms with Crippen molar-refractivity contribution < 1.29 is 9.18 Å². The minimum Gasteiger partial charge on any atom is -0.276 e. The van der Waals surface area contributed by atoms with Gasteiger partial charge in [0.25, 0.3) is 5.24 Å². The predicted molar refractivity (Wildman–Crippen MR) is 136 cm³/mol. The third-order valence-electron chi connectivity index (χ3n) is 7.17. The molecule has 1 nitrogen and oxygen atoms in total. The molecule has 0 unspecified atom stereocenters. The van der Waals surface area contributed by atoms with Crippen molar-refractivity contribution in [2.75, 3.05) is 0 Å². The molecule has 0 heterocycles. The summed E-state index contributed by atoms with van der Waals surface area (Å²) in [6, 6.07) is 20.6. The van der Waals surface area contributed by atoms with Crippen LogP contribution < -0.4 is 0 Å². The first-order valence-corrected chi connectivity index (χ1v) is 12.6. The maximum Gasteiger partial charge on any atom is 0.252 e. The largest absolute Gasteiger partial charge is 0.276 e. The average molecular weight is 463 g/mol. The van der Waals surface area contributed by atoms with Gasteiger partial charge in [-0.2, -0.15) is 0 Å². The summed E-state index contributed by atoms with van der Waals surface area (Å²) in [5, 5.41) is -0.511. The van der Waals surface area contributed by atoms with Gasteiger partial charge in [0.2, 0.25) is 0 Å². The monoisotopic (exact) mass is 462 g/mol. The Morgan fingerprint density at radius 3 is 2.27 bits per heavy atom. The van der Waals surface area contributed by atoms with Crippen molar-refractivity contribution in [2.24, 2.45) is 5.92 Å². The highest BCUT2D eigenvalue weighted by Gasteiger charge is 2.22. The van der Waals surface area contributed by atoms with E-state index in [1.165, 1.54) is 63.0 Å². The van der Waals surface area contributed by atoms with Crippen LogP contribution in [0.3, 0.4) is 0 Å². The molecule has 0 N–H and O–H groups in total. The lowest BCUT2D eigenvalue weighted by Crippen LogP contribution is -2.13. The zero-order valence-corrected chi connectivity index (χ0v) is 20.1. The number of unbranched alkanes of at least 4 members (excludes halogenated alkanes) is 2. The predicted octanol–water partition coefficient (Wildman–Crippen LogP) is 9.39. The Morgan fingerprint density at radius 1 is 0.879 bits per heavy atom. The second-order valence-electron chi connectivity index (χ2n) is 9.35. The van der Waals surface area contributed by atoms with E-state index >= 15 is 0 Å². The molecule has 1 aliphatic carbocycles. The number of carbonyl (C=O) groups is 1. The Morgan fingerprint density at radius 2 is 1.61 bits per heavy atom. The quantitative estimate of drug-likeness (QED) is 0.240. The summed E-state index contributed by atoms with van der Waals surface area (Å²) in [5.41, 5.74) is 4.85. The molecule has 0 saturated heterocycles. The molecule has 172 valence electrons. The minimum absolute atomic E-state index is 0.281. The first kappa shape index (κ1) is 23.7. The normalized spacial score (nSPS) is 18.3. The Hall–Kier alpha value is -2.45. The summed E-state index contributed by atoms with van der Waals surface area (Å²) >= 11 is 5.76. The van der Waals surface area contributed by atoms with Crippen molar-refractivity contribution in [2.45, 2.75) is 64.2 Å². The topological polar surface area (TPSA) is 17.1 Å². The van der Waals surface area contributed by atoms with Crippen LogP contribution >= 0.6 is 11.6 Å². The number of benzene rings is 3. The SMILES string of the molecule is CCCCCC1CCC(c2ccc(-c3cc(C(=O)Cl)ccc3-c3ccccc3F)cc2)CC1. The fourth-order valence-corrected chi connectivity index (χ4v) is 5.34. The molecule has 1 saturated carbocycles. The van der Waals surface area contributed by atoms with Gasteiger partial charge in [-0.15, -0.1) is 0 Å². The van der Waals surface area contributed by atoms with Gasteiger partial charge in [-0.1, -0.05) is 81.1 Å². The van der Waals surface area contributed by atoms with E-state index in [1.54, 1.807) is 30.3 Å². The molecule has 3 heteroatoms. The van der Waals surface area contributed by atoms with E-state index in [2.05, 4.69) is 31.2 Å². The van der Waals surface area contributed by atoms with Gasteiger partial charge in [0.05, 0.1) is 0 Å². The maximum absolute atomic E-state index is 14.6. The van der Waals surface area contributed by atoms with Gasteiger partial charge in [-0.05, 0) is 89.6 Å². The highest BCUT2D eigenvalue weighted by Crippen LogP contribution is 2.39. The number of carbonyl (C=O) groups excluding carboxylic acids is 1. The van der Waals surface area contributed by atoms with Crippen molar-refractivity contribution in [3.63, 3.8) is 0 Å². The van der Waals surface area contributed by atoms with Crippen LogP contribution in [0.2, 0.25) is 0 Å². The van der Waals surface area contributed by atoms with Gasteiger partial charge >= 0.3 is 0 Å². The minimum atomic E-state index is -0.511. The average Bonchev–Trinajstić information content (AvgIpc) is 2.85. The van der Waals surface area contributed by atoms with E-state index in [4.69, 9.17) is 11.6 Å². The molecule has 0 radical (unpaired) electrons. The molecule has 0 aromatic heterocycles. The number of rotatable bonds is 8. The molecule has 3 aromatic rings. The molecule has 0 spiro atoms. The molecule has 0 bridgehead atoms. The molecule has 33 heavy (non-hydrogen) atoms. The number of halogens is 2. The zero-order valence-electron chi connectivity index (χ0n) is 19.3. The third-order valence-corrected chi connectivity index (χ3v) is 7.38. The van der Waals surface area contributed by atoms with Gasteiger partial charge in [-0.3, -0.25) is 4.79 Å². The van der Waals surface area contributed by atoms with E-state index in [0.717, 1.165) is 22.6 Å². The number of hydrogen-bond donors (Lipinski definition) is 0. The van der Waals surface area contributed by atoms with E-state index in [0.29, 0.717) is 17.0 Å². The van der Waals surface area contributed by atoms with Crippen LogP contribution in [-0.2, 0) is 0 Å². The summed E-state index contributed by atoms with van der Waals surface area (Å²) in [6.45, 7) is 2.27. The van der Waals surface area contributed by atoms with Gasteiger partial charge in [0.15, 0.2) is 0 Å². The first-order valence-electron chi connectivity index (χ1n) is 12.3. The van der Waals surface area contributed by atoms with Crippen LogP contribution in [0.15, 0.2) is 66.7 Å². The Labute approximate surface area is 202 Å². The second kappa shape index (κ2) is 11.1. The molecule has 0 atom stereocenters. The fraction of sp³-hybridized carbons (Fsp3) is 0.367. The summed E-state index contributed by atoms with van der Waals surface area (Å²) in [7, 11) is 0. The van der Waals surface area contributed by atoms with Crippen molar-refractivity contribution in [3.8, 4) is 22.3 Å². The van der Waals surface area contributed by atoms with E-state index < -0.39 is 5.24 Å². The highest BCUT2D eigenvalue weighted by molar-refractivity contribution is 6.67. The Bertz CT molecular complexity index is 1080. The molecule has 3 aromatic carbocycles. The van der Waals surface area contributed by atoms with Gasteiger partial charge in [0, 0.05) is 11.1 Å². The van der Waals surface area contributed by atoms with Crippen molar-refractivity contribution in [1.82, 2.24) is 0 Å². The van der Waals surface area contributed by atoms with Crippen LogP contribution in [0.1, 0.15) is 80.1 Å². The molecular weight excluding hydrogens is 431 g/mol. The number of hydrogen-bond acceptors (Lipinski definition) is 1. The Kier molecular flexibility index (Phi) is 7.98. The van der Waals surface area contributed by atoms with E-state index in [9.17, 15) is 9.18 Å². The van der Waals surface area contributed by atoms with Crippen molar-refractivity contribution >= 4 is 16.8 Å². The molecule has 0 aliphatic heterocycles. The summed E-state index contributed by atoms with van der Waals surface area (Å²) in [6.07, 6.45) is 10.6. The first-order chi connectivity index (χ1) is 16.1. The standard InChI is InChI=1S/C30H32ClFO/c1-2-3-4-7-21-10-12-22(13-11-21)23-14-16-24(17-15-23)28-20-25(30(31)33)18-19-26(28)27-8-5-6-9-29(27)32/h5-6,8-9,14-22H,2-4,7,10-13H2,1H3. The van der Waals surface area contributed by atoms with E-state index in [1.807, 2.05) is 6.07 Å². The maximum atomic E-state index is 14.6. The second-order valence-corrected chi connectivity index (χ2v) is 9.69. The lowest BCUT2D eigenvalue weighted by molar-refractivity contribution is 0.108. The van der Waals surface area contributed by atoms with E-state index in [-0.39, 0.29) is 5.82 Å². The molecule has 1 aliphatic rings. The molecule has 1 fully saturated rings. The van der Waals surface area contributed by atoms with Crippen LogP contribution in [0, 0.1) is 11.7 Å². The van der Waals surface area contributed by atoms with Gasteiger partial charge in [0.1, 0.15) is 5.82 Å².